The standard InChI is InChI=1S/C55H71N4O5.Mg/c1-13-39-35(8)42-28-44-37(10)41(24-25-48(60)64-27-26-34(7)23-17-22-33(6)21-16-20-32(5)19-15-18-31(3)4)52(58-44)50-51(55(62)63-12)54(61)49-38(11)45(59-53(49)50)30-47-40(14-2)36(9)43(57-47)29-46(39)56-42;/h13-14,26,28-33,37,41H,1-2,15-25,27H2,3-12H3,(H2-,56,57,58,59,61,62);/q-1;+2/p-2/b34-26+;/t32-,33-,37+,41+;/m1./s1. The van der Waals surface area contributed by atoms with E-state index in [1.54, 1.807) is 12.2 Å². The maximum absolute atomic E-state index is 14.3. The molecule has 0 amide bonds. The minimum absolute atomic E-state index is 0. The van der Waals surface area contributed by atoms with Crippen molar-refractivity contribution in [2.45, 2.75) is 145 Å². The molecule has 0 spiro atoms. The van der Waals surface area contributed by atoms with Crippen molar-refractivity contribution in [3.63, 3.8) is 0 Å². The monoisotopic (exact) mass is 890 g/mol. The van der Waals surface area contributed by atoms with Gasteiger partial charge in [-0.1, -0.05) is 146 Å². The van der Waals surface area contributed by atoms with Gasteiger partial charge >= 0.3 is 35.0 Å². The number of fused-ring (bicyclic) bond motifs is 8. The van der Waals surface area contributed by atoms with E-state index >= 15 is 0 Å². The molecule has 8 bridgehead atoms. The van der Waals surface area contributed by atoms with Crippen molar-refractivity contribution in [2.75, 3.05) is 13.7 Å². The van der Waals surface area contributed by atoms with Crippen molar-refractivity contribution < 1.29 is 24.2 Å². The molecule has 3 aromatic heterocycles. The zero-order chi connectivity index (χ0) is 46.4. The Hall–Kier alpha value is -4.67. The molecular weight excluding hydrogens is 821 g/mol. The first-order valence-electron chi connectivity index (χ1n) is 23.5. The molecular formula is C55H69MgN4O5-. The summed E-state index contributed by atoms with van der Waals surface area (Å²) in [4.78, 5) is 47.2. The van der Waals surface area contributed by atoms with Crippen LogP contribution in [0.4, 0.5) is 0 Å². The summed E-state index contributed by atoms with van der Waals surface area (Å²) in [6, 6.07) is 5.79. The van der Waals surface area contributed by atoms with Gasteiger partial charge < -0.3 is 24.5 Å². The summed E-state index contributed by atoms with van der Waals surface area (Å²) < 4.78 is 11.0. The summed E-state index contributed by atoms with van der Waals surface area (Å²) in [6.07, 6.45) is 17.3. The molecule has 1 aliphatic carbocycles. The molecule has 6 rings (SSSR count). The van der Waals surface area contributed by atoms with Crippen LogP contribution in [0.5, 0.6) is 0 Å². The summed E-state index contributed by atoms with van der Waals surface area (Å²) in [7, 11) is 1.27. The van der Waals surface area contributed by atoms with E-state index in [-0.39, 0.29) is 59.5 Å². The molecule has 0 aromatic carbocycles. The predicted octanol–water partition coefficient (Wildman–Crippen LogP) is 11.9. The molecule has 9 nitrogen and oxygen atoms in total. The molecule has 0 unspecified atom stereocenters. The van der Waals surface area contributed by atoms with Crippen molar-refractivity contribution in [2.24, 2.45) is 17.8 Å². The third-order valence-electron chi connectivity index (χ3n) is 13.8. The van der Waals surface area contributed by atoms with Gasteiger partial charge in [-0.15, -0.1) is 22.1 Å². The largest absolute Gasteiger partial charge is 2.00 e. The third kappa shape index (κ3) is 11.5. The Bertz CT molecular complexity index is 2550. The number of carbonyl (C=O) groups excluding carboxylic acids is 2. The number of hydrogen-bond donors (Lipinski definition) is 0. The molecule has 342 valence electrons. The Morgan fingerprint density at radius 2 is 1.48 bits per heavy atom. The van der Waals surface area contributed by atoms with E-state index in [0.717, 1.165) is 63.7 Å². The Morgan fingerprint density at radius 3 is 2.12 bits per heavy atom. The van der Waals surface area contributed by atoms with Gasteiger partial charge in [0.15, 0.2) is 0 Å². The normalized spacial score (nSPS) is 16.8. The maximum atomic E-state index is 14.3. The Labute approximate surface area is 403 Å². The van der Waals surface area contributed by atoms with E-state index in [1.807, 2.05) is 45.0 Å². The van der Waals surface area contributed by atoms with Gasteiger partial charge in [-0.05, 0) is 93.1 Å². The Kier molecular flexibility index (Phi) is 17.9. The van der Waals surface area contributed by atoms with E-state index < -0.39 is 11.7 Å². The number of carbonyl (C=O) groups is 2. The van der Waals surface area contributed by atoms with Crippen LogP contribution in [0, 0.1) is 31.6 Å². The van der Waals surface area contributed by atoms with Crippen LogP contribution < -0.4 is 15.1 Å². The van der Waals surface area contributed by atoms with E-state index in [0.29, 0.717) is 57.1 Å². The molecule has 0 saturated heterocycles. The van der Waals surface area contributed by atoms with E-state index in [4.69, 9.17) is 29.4 Å². The Balaban J connectivity index is 0.00000793. The SMILES string of the molecule is C=CC1=C(C)c2cc3[n-]c(cc4nc(c5c6[n-]c(cc1n2)c(C)c6C([O-])=C5C(=O)OC)[C@@H](CCC(=O)OC/C=C(\C)CCC[C@H](C)CCC[C@H](C)CCCC(C)C)[C@@H]4C)c(C)c3C=C.[Mg+2]. The zero-order valence-electron chi connectivity index (χ0n) is 40.8. The van der Waals surface area contributed by atoms with Crippen LogP contribution in [0.15, 0.2) is 49.1 Å². The quantitative estimate of drug-likeness (QED) is 0.0618. The maximum Gasteiger partial charge on any atom is 2.00 e. The van der Waals surface area contributed by atoms with E-state index in [2.05, 4.69) is 54.7 Å². The van der Waals surface area contributed by atoms with E-state index in [9.17, 15) is 14.7 Å². The summed E-state index contributed by atoms with van der Waals surface area (Å²) in [5.74, 6) is 0.225. The Morgan fingerprint density at radius 1 is 0.831 bits per heavy atom. The van der Waals surface area contributed by atoms with Crippen molar-refractivity contribution in [1.82, 2.24) is 19.9 Å². The van der Waals surface area contributed by atoms with Crippen LogP contribution in [0.3, 0.4) is 0 Å². The number of nitrogens with zero attached hydrogens (tertiary/aromatic N) is 4. The fourth-order valence-corrected chi connectivity index (χ4v) is 9.68. The van der Waals surface area contributed by atoms with Gasteiger partial charge in [-0.2, -0.15) is 0 Å². The second-order valence-corrected chi connectivity index (χ2v) is 19.0. The molecule has 3 aromatic rings. The molecule has 0 N–H and O–H groups in total. The first kappa shape index (κ1) is 51.3. The van der Waals surface area contributed by atoms with Crippen LogP contribution in [-0.4, -0.2) is 58.7 Å². The fourth-order valence-electron chi connectivity index (χ4n) is 9.68. The molecule has 3 aliphatic rings. The minimum Gasteiger partial charge on any atom is -0.871 e. The summed E-state index contributed by atoms with van der Waals surface area (Å²) in [5, 5.41) is 14.3. The fraction of sp³-hybridized carbons (Fsp3) is 0.491. The number of aromatic nitrogens is 4. The van der Waals surface area contributed by atoms with Gasteiger partial charge in [0.2, 0.25) is 0 Å². The second-order valence-electron chi connectivity index (χ2n) is 19.0. The number of rotatable bonds is 20. The summed E-state index contributed by atoms with van der Waals surface area (Å²) in [5.41, 5.74) is 11.1. The molecule has 5 heterocycles. The molecule has 0 saturated carbocycles. The second kappa shape index (κ2) is 22.7. The number of aryl methyl sites for hydroxylation is 2. The molecule has 4 atom stereocenters. The van der Waals surface area contributed by atoms with E-state index in [1.165, 1.54) is 57.6 Å². The van der Waals surface area contributed by atoms with Gasteiger partial charge in [0.05, 0.1) is 29.8 Å². The topological polar surface area (TPSA) is 130 Å². The molecule has 65 heavy (non-hydrogen) atoms. The molecule has 0 radical (unpaired) electrons. The van der Waals surface area contributed by atoms with Crippen molar-refractivity contribution in [3.05, 3.63) is 99.7 Å². The molecule has 0 fully saturated rings. The van der Waals surface area contributed by atoms with Gasteiger partial charge in [0, 0.05) is 29.5 Å². The number of ether oxygens (including phenoxy) is 2. The van der Waals surface area contributed by atoms with Gasteiger partial charge in [-0.3, -0.25) is 9.78 Å². The summed E-state index contributed by atoms with van der Waals surface area (Å²) in [6.45, 7) is 27.8. The molecule has 10 heteroatoms. The van der Waals surface area contributed by atoms with Crippen molar-refractivity contribution in [1.29, 1.82) is 0 Å². The first-order valence-corrected chi connectivity index (χ1v) is 23.5. The smallest absolute Gasteiger partial charge is 0.871 e. The van der Waals surface area contributed by atoms with Crippen LogP contribution in [-0.2, 0) is 19.1 Å². The average Bonchev–Trinajstić information content (AvgIpc) is 3.99. The number of methoxy groups -OCH3 is 1. The van der Waals surface area contributed by atoms with Crippen molar-refractivity contribution >= 4 is 85.6 Å². The van der Waals surface area contributed by atoms with Crippen molar-refractivity contribution in [3.8, 4) is 0 Å². The number of hydrogen-bond acceptors (Lipinski definition) is 7. The van der Waals surface area contributed by atoms with Gasteiger partial charge in [-0.25, -0.2) is 9.78 Å². The number of esters is 2. The van der Waals surface area contributed by atoms with Crippen LogP contribution in [0.25, 0.3) is 50.6 Å². The minimum atomic E-state index is -0.756. The number of allylic oxidation sites excluding steroid dienone is 4. The first-order chi connectivity index (χ1) is 30.6. The average molecular weight is 890 g/mol. The van der Waals surface area contributed by atoms with Gasteiger partial charge in [0.25, 0.3) is 0 Å². The summed E-state index contributed by atoms with van der Waals surface area (Å²) >= 11 is 0. The predicted molar refractivity (Wildman–Crippen MR) is 266 cm³/mol. The third-order valence-corrected chi connectivity index (χ3v) is 13.8. The zero-order valence-corrected chi connectivity index (χ0v) is 42.2. The van der Waals surface area contributed by atoms with Crippen LogP contribution in [0.2, 0.25) is 0 Å². The van der Waals surface area contributed by atoms with Crippen LogP contribution in [0.1, 0.15) is 182 Å². The van der Waals surface area contributed by atoms with Gasteiger partial charge in [0.1, 0.15) is 6.61 Å². The van der Waals surface area contributed by atoms with Crippen LogP contribution >= 0.6 is 0 Å². The molecule has 2 aliphatic heterocycles.